The molecule has 0 amide bonds. The SMILES string of the molecule is O[C@@H]1CCCC[C@H]1CNC1C2CC3CC(C2)CC1C3. The van der Waals surface area contributed by atoms with Crippen molar-refractivity contribution in [2.45, 2.75) is 69.9 Å². The summed E-state index contributed by atoms with van der Waals surface area (Å²) >= 11 is 0. The van der Waals surface area contributed by atoms with E-state index in [0.29, 0.717) is 5.92 Å². The molecule has 2 heteroatoms. The van der Waals surface area contributed by atoms with Crippen LogP contribution in [0, 0.1) is 29.6 Å². The molecule has 2 nitrogen and oxygen atoms in total. The van der Waals surface area contributed by atoms with Gasteiger partial charge < -0.3 is 10.4 Å². The molecular weight excluding hydrogens is 234 g/mol. The van der Waals surface area contributed by atoms with E-state index in [1.807, 2.05) is 0 Å². The van der Waals surface area contributed by atoms with Crippen LogP contribution in [0.1, 0.15) is 57.8 Å². The van der Waals surface area contributed by atoms with E-state index in [0.717, 1.165) is 42.7 Å². The second-order valence-electron chi connectivity index (χ2n) is 7.98. The van der Waals surface area contributed by atoms with Gasteiger partial charge in [-0.25, -0.2) is 0 Å². The summed E-state index contributed by atoms with van der Waals surface area (Å²) in [7, 11) is 0. The van der Waals surface area contributed by atoms with Gasteiger partial charge in [-0.15, -0.1) is 0 Å². The number of nitrogens with one attached hydrogen (secondary N) is 1. The van der Waals surface area contributed by atoms with Crippen LogP contribution in [0.5, 0.6) is 0 Å². The first kappa shape index (κ1) is 12.6. The summed E-state index contributed by atoms with van der Waals surface area (Å²) in [6.45, 7) is 1.08. The first-order valence-electron chi connectivity index (χ1n) is 8.71. The van der Waals surface area contributed by atoms with Gasteiger partial charge in [-0.3, -0.25) is 0 Å². The Morgan fingerprint density at radius 2 is 1.47 bits per heavy atom. The lowest BCUT2D eigenvalue weighted by atomic mass is 9.54. The minimum absolute atomic E-state index is 0.0296. The van der Waals surface area contributed by atoms with Crippen molar-refractivity contribution < 1.29 is 5.11 Å². The molecule has 5 aliphatic rings. The van der Waals surface area contributed by atoms with Crippen molar-refractivity contribution in [1.29, 1.82) is 0 Å². The zero-order chi connectivity index (χ0) is 12.8. The van der Waals surface area contributed by atoms with E-state index in [1.165, 1.54) is 44.9 Å². The summed E-state index contributed by atoms with van der Waals surface area (Å²) in [5.74, 6) is 4.61. The highest BCUT2D eigenvalue weighted by molar-refractivity contribution is 5.01. The average molecular weight is 263 g/mol. The fraction of sp³-hybridized carbons (Fsp3) is 1.00. The number of hydrogen-bond donors (Lipinski definition) is 2. The molecule has 19 heavy (non-hydrogen) atoms. The highest BCUT2D eigenvalue weighted by Crippen LogP contribution is 2.53. The van der Waals surface area contributed by atoms with Gasteiger partial charge in [0.15, 0.2) is 0 Å². The zero-order valence-corrected chi connectivity index (χ0v) is 12.1. The standard InChI is InChI=1S/C17H29NO/c19-16-4-2-1-3-13(16)10-18-17-14-6-11-5-12(8-14)9-15(17)7-11/h11-19H,1-10H2/t11?,12?,13-,14?,15?,16+,17?/m0/s1. The molecule has 0 heterocycles. The van der Waals surface area contributed by atoms with Crippen LogP contribution in [-0.2, 0) is 0 Å². The van der Waals surface area contributed by atoms with Crippen molar-refractivity contribution in [2.75, 3.05) is 6.54 Å². The van der Waals surface area contributed by atoms with Crippen LogP contribution in [0.25, 0.3) is 0 Å². The molecule has 2 atom stereocenters. The molecule has 0 unspecified atom stereocenters. The maximum absolute atomic E-state index is 10.1. The summed E-state index contributed by atoms with van der Waals surface area (Å²) in [6, 6.07) is 0.793. The lowest BCUT2D eigenvalue weighted by molar-refractivity contribution is -0.0192. The van der Waals surface area contributed by atoms with Crippen molar-refractivity contribution >= 4 is 0 Å². The molecule has 0 spiro atoms. The maximum Gasteiger partial charge on any atom is 0.0580 e. The van der Waals surface area contributed by atoms with Crippen molar-refractivity contribution in [1.82, 2.24) is 5.32 Å². The molecule has 4 bridgehead atoms. The third kappa shape index (κ3) is 2.35. The van der Waals surface area contributed by atoms with Crippen LogP contribution in [0.3, 0.4) is 0 Å². The lowest BCUT2D eigenvalue weighted by Gasteiger charge is -2.55. The number of aliphatic hydroxyl groups is 1. The van der Waals surface area contributed by atoms with Crippen molar-refractivity contribution in [3.05, 3.63) is 0 Å². The molecule has 5 rings (SSSR count). The molecule has 0 aromatic carbocycles. The smallest absolute Gasteiger partial charge is 0.0580 e. The van der Waals surface area contributed by atoms with Gasteiger partial charge in [0.1, 0.15) is 0 Å². The second kappa shape index (κ2) is 5.04. The van der Waals surface area contributed by atoms with E-state index in [9.17, 15) is 5.11 Å². The van der Waals surface area contributed by atoms with E-state index in [-0.39, 0.29) is 6.10 Å². The topological polar surface area (TPSA) is 32.3 Å². The van der Waals surface area contributed by atoms with Gasteiger partial charge in [0.05, 0.1) is 6.10 Å². The third-order valence-corrected chi connectivity index (χ3v) is 6.71. The Morgan fingerprint density at radius 1 is 0.842 bits per heavy atom. The predicted molar refractivity (Wildman–Crippen MR) is 76.8 cm³/mol. The van der Waals surface area contributed by atoms with Gasteiger partial charge in [-0.1, -0.05) is 12.8 Å². The van der Waals surface area contributed by atoms with Crippen LogP contribution < -0.4 is 5.32 Å². The molecule has 108 valence electrons. The minimum Gasteiger partial charge on any atom is -0.393 e. The highest BCUT2D eigenvalue weighted by Gasteiger charge is 2.48. The molecule has 0 saturated heterocycles. The summed E-state index contributed by atoms with van der Waals surface area (Å²) in [4.78, 5) is 0. The summed E-state index contributed by atoms with van der Waals surface area (Å²) in [5, 5.41) is 14.0. The van der Waals surface area contributed by atoms with Crippen LogP contribution in [0.15, 0.2) is 0 Å². The van der Waals surface area contributed by atoms with E-state index in [1.54, 1.807) is 6.42 Å². The van der Waals surface area contributed by atoms with Gasteiger partial charge in [-0.05, 0) is 74.5 Å². The maximum atomic E-state index is 10.1. The Hall–Kier alpha value is -0.0800. The first-order valence-corrected chi connectivity index (χ1v) is 8.71. The van der Waals surface area contributed by atoms with E-state index >= 15 is 0 Å². The molecule has 0 aromatic heterocycles. The molecule has 0 radical (unpaired) electrons. The highest BCUT2D eigenvalue weighted by atomic mass is 16.3. The molecular formula is C17H29NO. The van der Waals surface area contributed by atoms with Crippen LogP contribution in [0.2, 0.25) is 0 Å². The molecule has 0 aromatic rings. The van der Waals surface area contributed by atoms with Gasteiger partial charge >= 0.3 is 0 Å². The molecule has 2 N–H and O–H groups in total. The van der Waals surface area contributed by atoms with Crippen LogP contribution in [0.4, 0.5) is 0 Å². The molecule has 5 aliphatic carbocycles. The molecule has 5 fully saturated rings. The Bertz CT molecular complexity index is 301. The van der Waals surface area contributed by atoms with Gasteiger partial charge in [0.25, 0.3) is 0 Å². The second-order valence-corrected chi connectivity index (χ2v) is 7.98. The average Bonchev–Trinajstić information content (AvgIpc) is 2.39. The van der Waals surface area contributed by atoms with Gasteiger partial charge in [-0.2, -0.15) is 0 Å². The lowest BCUT2D eigenvalue weighted by Crippen LogP contribution is -2.55. The minimum atomic E-state index is -0.0296. The van der Waals surface area contributed by atoms with Crippen LogP contribution >= 0.6 is 0 Å². The fourth-order valence-corrected chi connectivity index (χ4v) is 5.97. The van der Waals surface area contributed by atoms with Crippen molar-refractivity contribution in [2.24, 2.45) is 29.6 Å². The molecule has 0 aliphatic heterocycles. The van der Waals surface area contributed by atoms with Gasteiger partial charge in [0.2, 0.25) is 0 Å². The normalized spacial score (nSPS) is 52.6. The van der Waals surface area contributed by atoms with E-state index < -0.39 is 0 Å². The summed E-state index contributed by atoms with van der Waals surface area (Å²) in [6.07, 6.45) is 12.3. The van der Waals surface area contributed by atoms with E-state index in [4.69, 9.17) is 0 Å². The fourth-order valence-electron chi connectivity index (χ4n) is 5.97. The Morgan fingerprint density at radius 3 is 2.11 bits per heavy atom. The quantitative estimate of drug-likeness (QED) is 0.820. The monoisotopic (exact) mass is 263 g/mol. The number of aliphatic hydroxyl groups excluding tert-OH is 1. The molecule has 5 saturated carbocycles. The zero-order valence-electron chi connectivity index (χ0n) is 12.1. The van der Waals surface area contributed by atoms with E-state index in [2.05, 4.69) is 5.32 Å². The predicted octanol–water partition coefficient (Wildman–Crippen LogP) is 2.95. The first-order chi connectivity index (χ1) is 9.29. The largest absolute Gasteiger partial charge is 0.393 e. The Labute approximate surface area is 117 Å². The summed E-state index contributed by atoms with van der Waals surface area (Å²) < 4.78 is 0. The Balaban J connectivity index is 1.35. The Kier molecular flexibility index (Phi) is 3.35. The summed E-state index contributed by atoms with van der Waals surface area (Å²) in [5.41, 5.74) is 0. The number of hydrogen-bond acceptors (Lipinski definition) is 2. The number of rotatable bonds is 3. The van der Waals surface area contributed by atoms with Crippen LogP contribution in [-0.4, -0.2) is 23.8 Å². The van der Waals surface area contributed by atoms with Crippen molar-refractivity contribution in [3.63, 3.8) is 0 Å². The third-order valence-electron chi connectivity index (χ3n) is 6.71. The van der Waals surface area contributed by atoms with Crippen molar-refractivity contribution in [3.8, 4) is 0 Å². The van der Waals surface area contributed by atoms with Gasteiger partial charge in [0, 0.05) is 12.6 Å².